The van der Waals surface area contributed by atoms with Crippen LogP contribution in [0.25, 0.3) is 11.3 Å². The van der Waals surface area contributed by atoms with Crippen molar-refractivity contribution in [1.82, 2.24) is 4.98 Å². The lowest BCUT2D eigenvalue weighted by atomic mass is 10.2. The van der Waals surface area contributed by atoms with Crippen molar-refractivity contribution in [2.24, 2.45) is 5.73 Å². The van der Waals surface area contributed by atoms with Crippen molar-refractivity contribution in [1.29, 1.82) is 0 Å². The molecular weight excluding hydrogens is 350 g/mol. The van der Waals surface area contributed by atoms with Crippen LogP contribution in [0.5, 0.6) is 5.75 Å². The number of anilines is 1. The predicted octanol–water partition coefficient (Wildman–Crippen LogP) is 2.93. The van der Waals surface area contributed by atoms with E-state index in [2.05, 4.69) is 17.2 Å². The number of benzene rings is 1. The SMILES string of the molecule is CCCOc1ccc(-c2csc(NC(=O)C(N)COC)n2)cc1.Cl. The van der Waals surface area contributed by atoms with E-state index in [4.69, 9.17) is 15.2 Å². The lowest BCUT2D eigenvalue weighted by molar-refractivity contribution is -0.118. The number of amides is 1. The lowest BCUT2D eigenvalue weighted by Gasteiger charge is -2.08. The summed E-state index contributed by atoms with van der Waals surface area (Å²) in [5.74, 6) is 0.529. The Labute approximate surface area is 151 Å². The molecule has 0 saturated carbocycles. The first-order valence-corrected chi connectivity index (χ1v) is 8.26. The van der Waals surface area contributed by atoms with Crippen LogP contribution in [-0.2, 0) is 9.53 Å². The molecule has 6 nitrogen and oxygen atoms in total. The fourth-order valence-electron chi connectivity index (χ4n) is 1.86. The normalized spacial score (nSPS) is 11.5. The summed E-state index contributed by atoms with van der Waals surface area (Å²) in [6.07, 6.45) is 0.974. The fourth-order valence-corrected chi connectivity index (χ4v) is 2.58. The summed E-state index contributed by atoms with van der Waals surface area (Å²) in [7, 11) is 1.50. The summed E-state index contributed by atoms with van der Waals surface area (Å²) in [5.41, 5.74) is 7.44. The number of methoxy groups -OCH3 is 1. The van der Waals surface area contributed by atoms with Crippen LogP contribution < -0.4 is 15.8 Å². The summed E-state index contributed by atoms with van der Waals surface area (Å²) < 4.78 is 10.4. The number of ether oxygens (including phenoxy) is 2. The number of hydrogen-bond acceptors (Lipinski definition) is 6. The van der Waals surface area contributed by atoms with Crippen LogP contribution in [0.4, 0.5) is 5.13 Å². The van der Waals surface area contributed by atoms with E-state index in [0.29, 0.717) is 11.7 Å². The highest BCUT2D eigenvalue weighted by molar-refractivity contribution is 7.14. The minimum absolute atomic E-state index is 0. The first-order chi connectivity index (χ1) is 11.1. The first kappa shape index (κ1) is 20.4. The Balaban J connectivity index is 0.00000288. The van der Waals surface area contributed by atoms with E-state index < -0.39 is 6.04 Å². The van der Waals surface area contributed by atoms with Crippen LogP contribution >= 0.6 is 23.7 Å². The number of nitrogens with two attached hydrogens (primary N) is 1. The van der Waals surface area contributed by atoms with Crippen molar-refractivity contribution in [3.8, 4) is 17.0 Å². The number of aromatic nitrogens is 1. The summed E-state index contributed by atoms with van der Waals surface area (Å²) in [4.78, 5) is 16.2. The number of carbonyl (C=O) groups excluding carboxylic acids is 1. The van der Waals surface area contributed by atoms with Gasteiger partial charge >= 0.3 is 0 Å². The molecule has 0 aliphatic rings. The largest absolute Gasteiger partial charge is 0.494 e. The summed E-state index contributed by atoms with van der Waals surface area (Å²) >= 11 is 1.36. The number of nitrogens with one attached hydrogen (secondary N) is 1. The average Bonchev–Trinajstić information content (AvgIpc) is 3.02. The van der Waals surface area contributed by atoms with Crippen LogP contribution in [0, 0.1) is 0 Å². The molecule has 3 N–H and O–H groups in total. The first-order valence-electron chi connectivity index (χ1n) is 7.38. The molecule has 2 aromatic rings. The fraction of sp³-hybridized carbons (Fsp3) is 0.375. The highest BCUT2D eigenvalue weighted by Gasteiger charge is 2.15. The van der Waals surface area contributed by atoms with E-state index in [1.54, 1.807) is 0 Å². The van der Waals surface area contributed by atoms with E-state index >= 15 is 0 Å². The number of carbonyl (C=O) groups is 1. The van der Waals surface area contributed by atoms with Crippen molar-refractivity contribution >= 4 is 34.8 Å². The maximum Gasteiger partial charge on any atom is 0.245 e. The highest BCUT2D eigenvalue weighted by atomic mass is 35.5. The number of nitrogens with zero attached hydrogens (tertiary/aromatic N) is 1. The summed E-state index contributed by atoms with van der Waals surface area (Å²) in [6, 6.07) is 7.01. The van der Waals surface area contributed by atoms with Gasteiger partial charge in [-0.25, -0.2) is 4.98 Å². The third kappa shape index (κ3) is 5.76. The molecule has 0 bridgehead atoms. The predicted molar refractivity (Wildman–Crippen MR) is 99.1 cm³/mol. The van der Waals surface area contributed by atoms with Gasteiger partial charge in [0.2, 0.25) is 5.91 Å². The Morgan fingerprint density at radius 3 is 2.71 bits per heavy atom. The average molecular weight is 372 g/mol. The molecule has 1 heterocycles. The molecular formula is C16H22ClN3O3S. The zero-order chi connectivity index (χ0) is 16.7. The van der Waals surface area contributed by atoms with Crippen LogP contribution in [0.2, 0.25) is 0 Å². The van der Waals surface area contributed by atoms with Crippen molar-refractivity contribution < 1.29 is 14.3 Å². The van der Waals surface area contributed by atoms with Crippen LogP contribution in [0.15, 0.2) is 29.6 Å². The quantitative estimate of drug-likeness (QED) is 0.745. The lowest BCUT2D eigenvalue weighted by Crippen LogP contribution is -2.39. The third-order valence-corrected chi connectivity index (χ3v) is 3.80. The molecule has 1 aromatic carbocycles. The second-order valence-corrected chi connectivity index (χ2v) is 5.82. The maximum atomic E-state index is 11.8. The molecule has 24 heavy (non-hydrogen) atoms. The Bertz CT molecular complexity index is 634. The molecule has 0 aliphatic carbocycles. The number of halogens is 1. The van der Waals surface area contributed by atoms with Crippen LogP contribution in [0.1, 0.15) is 13.3 Å². The van der Waals surface area contributed by atoms with Crippen LogP contribution in [-0.4, -0.2) is 37.3 Å². The van der Waals surface area contributed by atoms with Crippen molar-refractivity contribution in [2.75, 3.05) is 25.6 Å². The van der Waals surface area contributed by atoms with E-state index in [-0.39, 0.29) is 24.9 Å². The minimum Gasteiger partial charge on any atom is -0.494 e. The zero-order valence-corrected chi connectivity index (χ0v) is 15.3. The van der Waals surface area contributed by atoms with Gasteiger partial charge in [-0.05, 0) is 30.7 Å². The van der Waals surface area contributed by atoms with E-state index in [1.807, 2.05) is 29.6 Å². The Morgan fingerprint density at radius 1 is 1.38 bits per heavy atom. The molecule has 0 spiro atoms. The van der Waals surface area contributed by atoms with Gasteiger partial charge in [-0.2, -0.15) is 0 Å². The van der Waals surface area contributed by atoms with E-state index in [0.717, 1.165) is 23.4 Å². The molecule has 0 saturated heterocycles. The minimum atomic E-state index is -0.706. The Kier molecular flexibility index (Phi) is 8.70. The molecule has 1 aromatic heterocycles. The van der Waals surface area contributed by atoms with Gasteiger partial charge in [-0.1, -0.05) is 6.92 Å². The van der Waals surface area contributed by atoms with Gasteiger partial charge < -0.3 is 20.5 Å². The van der Waals surface area contributed by atoms with E-state index in [9.17, 15) is 4.79 Å². The molecule has 0 fully saturated rings. The third-order valence-electron chi connectivity index (χ3n) is 3.04. The molecule has 1 unspecified atom stereocenters. The van der Waals surface area contributed by atoms with Gasteiger partial charge in [0.25, 0.3) is 0 Å². The van der Waals surface area contributed by atoms with Gasteiger partial charge in [0, 0.05) is 18.1 Å². The smallest absolute Gasteiger partial charge is 0.245 e. The highest BCUT2D eigenvalue weighted by Crippen LogP contribution is 2.26. The molecule has 0 radical (unpaired) electrons. The van der Waals surface area contributed by atoms with Gasteiger partial charge in [0.1, 0.15) is 11.8 Å². The Hall–Kier alpha value is -1.67. The molecule has 2 rings (SSSR count). The topological polar surface area (TPSA) is 86.5 Å². The van der Waals surface area contributed by atoms with Gasteiger partial charge in [-0.3, -0.25) is 4.79 Å². The maximum absolute atomic E-state index is 11.8. The number of rotatable bonds is 8. The van der Waals surface area contributed by atoms with Gasteiger partial charge in [-0.15, -0.1) is 23.7 Å². The van der Waals surface area contributed by atoms with Crippen molar-refractivity contribution in [3.05, 3.63) is 29.6 Å². The zero-order valence-electron chi connectivity index (χ0n) is 13.7. The Morgan fingerprint density at radius 2 is 2.08 bits per heavy atom. The number of hydrogen-bond donors (Lipinski definition) is 2. The summed E-state index contributed by atoms with van der Waals surface area (Å²) in [5, 5.41) is 5.10. The van der Waals surface area contributed by atoms with E-state index in [1.165, 1.54) is 18.4 Å². The van der Waals surface area contributed by atoms with Crippen molar-refractivity contribution in [3.63, 3.8) is 0 Å². The number of thiazole rings is 1. The van der Waals surface area contributed by atoms with Gasteiger partial charge in [0.05, 0.1) is 18.9 Å². The van der Waals surface area contributed by atoms with Crippen molar-refractivity contribution in [2.45, 2.75) is 19.4 Å². The van der Waals surface area contributed by atoms with Crippen LogP contribution in [0.3, 0.4) is 0 Å². The monoisotopic (exact) mass is 371 g/mol. The molecule has 132 valence electrons. The molecule has 0 aliphatic heterocycles. The second kappa shape index (κ2) is 10.2. The molecule has 8 heteroatoms. The summed E-state index contributed by atoms with van der Waals surface area (Å²) in [6.45, 7) is 2.94. The second-order valence-electron chi connectivity index (χ2n) is 4.96. The standard InChI is InChI=1S/C16H21N3O3S.ClH/c1-3-8-22-12-6-4-11(5-7-12)14-10-23-16(18-14)19-15(20)13(17)9-21-2;/h4-7,10,13H,3,8-9,17H2,1-2H3,(H,18,19,20);1H. The molecule has 1 atom stereocenters. The van der Waals surface area contributed by atoms with Gasteiger partial charge in [0.15, 0.2) is 5.13 Å². The molecule has 1 amide bonds.